The summed E-state index contributed by atoms with van der Waals surface area (Å²) in [4.78, 5) is 9.28. The Bertz CT molecular complexity index is 668. The molecule has 7 heteroatoms. The largest absolute Gasteiger partial charge is 0.381 e. The number of rotatable bonds is 6. The first kappa shape index (κ1) is 25.7. The van der Waals surface area contributed by atoms with Gasteiger partial charge in [-0.15, -0.1) is 24.0 Å². The Morgan fingerprint density at radius 3 is 2.77 bits per heavy atom. The first-order chi connectivity index (χ1) is 14.1. The summed E-state index contributed by atoms with van der Waals surface area (Å²) in [6.07, 6.45) is 6.04. The third kappa shape index (κ3) is 7.24. The van der Waals surface area contributed by atoms with Gasteiger partial charge >= 0.3 is 0 Å². The molecule has 0 bridgehead atoms. The van der Waals surface area contributed by atoms with Crippen LogP contribution in [-0.2, 0) is 4.74 Å². The number of guanidine groups is 1. The maximum atomic E-state index is 6.28. The van der Waals surface area contributed by atoms with Gasteiger partial charge < -0.3 is 15.0 Å². The van der Waals surface area contributed by atoms with Gasteiger partial charge in [-0.25, -0.2) is 0 Å². The van der Waals surface area contributed by atoms with Crippen LogP contribution in [0, 0.1) is 11.8 Å². The zero-order valence-corrected chi connectivity index (χ0v) is 21.7. The maximum absolute atomic E-state index is 6.28. The molecular formula is C23H38ClIN4O. The number of likely N-dealkylation sites (tertiary alicyclic amines) is 1. The van der Waals surface area contributed by atoms with E-state index in [2.05, 4.69) is 52.4 Å². The highest BCUT2D eigenvalue weighted by Crippen LogP contribution is 2.35. The molecule has 2 aliphatic heterocycles. The van der Waals surface area contributed by atoms with Crippen molar-refractivity contribution in [3.05, 3.63) is 34.9 Å². The lowest BCUT2D eigenvalue weighted by Gasteiger charge is -2.40. The van der Waals surface area contributed by atoms with Crippen LogP contribution in [0.5, 0.6) is 0 Å². The SMILES string of the molecule is CN=C(NCC1CCCN(C)C1c1cccc(Cl)c1)N(C)CCC1CCOCC1.I. The van der Waals surface area contributed by atoms with Crippen molar-refractivity contribution < 1.29 is 4.74 Å². The van der Waals surface area contributed by atoms with Crippen LogP contribution in [0.2, 0.25) is 5.02 Å². The van der Waals surface area contributed by atoms with Gasteiger partial charge in [0, 0.05) is 51.5 Å². The molecule has 5 nitrogen and oxygen atoms in total. The lowest BCUT2D eigenvalue weighted by molar-refractivity contribution is 0.0625. The fourth-order valence-electron chi connectivity index (χ4n) is 4.81. The summed E-state index contributed by atoms with van der Waals surface area (Å²) in [7, 11) is 6.26. The Hall–Kier alpha value is -0.570. The molecule has 0 aromatic heterocycles. The predicted octanol–water partition coefficient (Wildman–Crippen LogP) is 4.66. The molecule has 0 spiro atoms. The molecule has 2 saturated heterocycles. The molecule has 0 radical (unpaired) electrons. The third-order valence-corrected chi connectivity index (χ3v) is 6.74. The number of aliphatic imine (C=N–C) groups is 1. The first-order valence-corrected chi connectivity index (χ1v) is 11.4. The Kier molecular flexibility index (Phi) is 11.2. The molecule has 2 fully saturated rings. The summed E-state index contributed by atoms with van der Waals surface area (Å²) in [5.41, 5.74) is 1.31. The highest BCUT2D eigenvalue weighted by atomic mass is 127. The summed E-state index contributed by atoms with van der Waals surface area (Å²) in [6, 6.07) is 8.74. The van der Waals surface area contributed by atoms with Crippen LogP contribution < -0.4 is 5.32 Å². The third-order valence-electron chi connectivity index (χ3n) is 6.51. The lowest BCUT2D eigenvalue weighted by Crippen LogP contribution is -2.46. The Morgan fingerprint density at radius 1 is 1.30 bits per heavy atom. The van der Waals surface area contributed by atoms with Gasteiger partial charge in [0.15, 0.2) is 5.96 Å². The van der Waals surface area contributed by atoms with Crippen molar-refractivity contribution in [1.82, 2.24) is 15.1 Å². The number of nitrogens with one attached hydrogen (secondary N) is 1. The van der Waals surface area contributed by atoms with Gasteiger partial charge in [-0.05, 0) is 75.2 Å². The van der Waals surface area contributed by atoms with Crippen LogP contribution in [0.4, 0.5) is 0 Å². The monoisotopic (exact) mass is 548 g/mol. The average molecular weight is 549 g/mol. The Balaban J connectivity index is 0.00000320. The number of ether oxygens (including phenoxy) is 1. The molecule has 2 unspecified atom stereocenters. The highest BCUT2D eigenvalue weighted by molar-refractivity contribution is 14.0. The van der Waals surface area contributed by atoms with Crippen molar-refractivity contribution in [2.45, 2.75) is 38.1 Å². The van der Waals surface area contributed by atoms with E-state index in [4.69, 9.17) is 16.3 Å². The van der Waals surface area contributed by atoms with Gasteiger partial charge in [0.05, 0.1) is 0 Å². The zero-order valence-electron chi connectivity index (χ0n) is 18.6. The van der Waals surface area contributed by atoms with Crippen molar-refractivity contribution in [2.24, 2.45) is 16.8 Å². The number of halogens is 2. The number of hydrogen-bond acceptors (Lipinski definition) is 3. The molecule has 170 valence electrons. The summed E-state index contributed by atoms with van der Waals surface area (Å²) in [6.45, 7) is 4.93. The van der Waals surface area contributed by atoms with Crippen LogP contribution in [0.15, 0.2) is 29.3 Å². The standard InChI is InChI=1S/C23H37ClN4O.HI/c1-25-23(28(3)13-9-18-10-14-29-15-11-18)26-17-20-7-5-12-27(2)22(20)19-6-4-8-21(24)16-19;/h4,6,8,16,18,20,22H,5,7,9-15,17H2,1-3H3,(H,25,26);1H. The van der Waals surface area contributed by atoms with Gasteiger partial charge in [-0.3, -0.25) is 9.89 Å². The van der Waals surface area contributed by atoms with Crippen molar-refractivity contribution in [3.8, 4) is 0 Å². The van der Waals surface area contributed by atoms with E-state index in [-0.39, 0.29) is 24.0 Å². The molecular weight excluding hydrogens is 511 g/mol. The van der Waals surface area contributed by atoms with E-state index in [1.54, 1.807) is 0 Å². The number of hydrogen-bond donors (Lipinski definition) is 1. The van der Waals surface area contributed by atoms with Crippen LogP contribution in [0.3, 0.4) is 0 Å². The normalized spacial score (nSPS) is 23.7. The predicted molar refractivity (Wildman–Crippen MR) is 137 cm³/mol. The average Bonchev–Trinajstić information content (AvgIpc) is 2.73. The molecule has 0 aliphatic carbocycles. The second-order valence-electron chi connectivity index (χ2n) is 8.58. The minimum Gasteiger partial charge on any atom is -0.381 e. The van der Waals surface area contributed by atoms with Crippen molar-refractivity contribution >= 4 is 41.5 Å². The molecule has 0 saturated carbocycles. The molecule has 2 atom stereocenters. The smallest absolute Gasteiger partial charge is 0.193 e. The minimum atomic E-state index is 0. The van der Waals surface area contributed by atoms with E-state index in [0.717, 1.165) is 49.7 Å². The summed E-state index contributed by atoms with van der Waals surface area (Å²) < 4.78 is 5.48. The zero-order chi connectivity index (χ0) is 20.6. The fourth-order valence-corrected chi connectivity index (χ4v) is 5.01. The van der Waals surface area contributed by atoms with Crippen LogP contribution in [0.1, 0.15) is 43.7 Å². The summed E-state index contributed by atoms with van der Waals surface area (Å²) >= 11 is 6.28. The second kappa shape index (κ2) is 13.1. The Labute approximate surface area is 204 Å². The van der Waals surface area contributed by atoms with Crippen LogP contribution in [-0.4, -0.2) is 69.8 Å². The van der Waals surface area contributed by atoms with E-state index in [1.807, 2.05) is 13.1 Å². The number of benzene rings is 1. The van der Waals surface area contributed by atoms with E-state index < -0.39 is 0 Å². The minimum absolute atomic E-state index is 0. The van der Waals surface area contributed by atoms with Crippen LogP contribution in [0.25, 0.3) is 0 Å². The number of nitrogens with zero attached hydrogens (tertiary/aromatic N) is 3. The maximum Gasteiger partial charge on any atom is 0.193 e. The molecule has 0 amide bonds. The quantitative estimate of drug-likeness (QED) is 0.319. The Morgan fingerprint density at radius 2 is 2.07 bits per heavy atom. The first-order valence-electron chi connectivity index (χ1n) is 11.0. The van der Waals surface area contributed by atoms with Gasteiger partial charge in [-0.2, -0.15) is 0 Å². The van der Waals surface area contributed by atoms with E-state index in [9.17, 15) is 0 Å². The van der Waals surface area contributed by atoms with Gasteiger partial charge in [0.2, 0.25) is 0 Å². The molecule has 30 heavy (non-hydrogen) atoms. The molecule has 2 aliphatic rings. The summed E-state index contributed by atoms with van der Waals surface area (Å²) in [5.74, 6) is 2.31. The fraction of sp³-hybridized carbons (Fsp3) is 0.696. The van der Waals surface area contributed by atoms with Gasteiger partial charge in [-0.1, -0.05) is 23.7 Å². The molecule has 2 heterocycles. The van der Waals surface area contributed by atoms with Crippen LogP contribution >= 0.6 is 35.6 Å². The molecule has 3 rings (SSSR count). The summed E-state index contributed by atoms with van der Waals surface area (Å²) in [5, 5.41) is 4.47. The molecule has 1 aromatic rings. The van der Waals surface area contributed by atoms with E-state index in [1.165, 1.54) is 37.7 Å². The topological polar surface area (TPSA) is 40.1 Å². The second-order valence-corrected chi connectivity index (χ2v) is 9.01. The molecule has 1 N–H and O–H groups in total. The lowest BCUT2D eigenvalue weighted by atomic mass is 9.85. The molecule has 1 aromatic carbocycles. The van der Waals surface area contributed by atoms with E-state index in [0.29, 0.717) is 12.0 Å². The van der Waals surface area contributed by atoms with Crippen molar-refractivity contribution in [1.29, 1.82) is 0 Å². The van der Waals surface area contributed by atoms with Gasteiger partial charge in [0.1, 0.15) is 0 Å². The van der Waals surface area contributed by atoms with Crippen molar-refractivity contribution in [2.75, 3.05) is 54.0 Å². The van der Waals surface area contributed by atoms with E-state index >= 15 is 0 Å². The van der Waals surface area contributed by atoms with Gasteiger partial charge in [0.25, 0.3) is 0 Å². The number of piperidine rings is 1. The van der Waals surface area contributed by atoms with Crippen molar-refractivity contribution in [3.63, 3.8) is 0 Å². The highest BCUT2D eigenvalue weighted by Gasteiger charge is 2.31.